The molecular formula is C5H3N3O2. The molecule has 0 bridgehead atoms. The molecule has 50 valence electrons. The van der Waals surface area contributed by atoms with Gasteiger partial charge in [-0.1, -0.05) is 5.16 Å². The molecule has 0 saturated carbocycles. The van der Waals surface area contributed by atoms with Gasteiger partial charge in [0.2, 0.25) is 0 Å². The first-order valence-electron chi connectivity index (χ1n) is 2.65. The number of rotatable bonds is 1. The molecule has 0 aliphatic rings. The van der Waals surface area contributed by atoms with Crippen molar-refractivity contribution in [3.8, 4) is 0 Å². The fourth-order valence-corrected chi connectivity index (χ4v) is 0.745. The second-order valence-corrected chi connectivity index (χ2v) is 1.77. The summed E-state index contributed by atoms with van der Waals surface area (Å²) in [5.74, 6) is 0.335. The van der Waals surface area contributed by atoms with Gasteiger partial charge >= 0.3 is 5.84 Å². The highest BCUT2D eigenvalue weighted by molar-refractivity contribution is 5.72. The van der Waals surface area contributed by atoms with E-state index in [0.29, 0.717) is 17.8 Å². The van der Waals surface area contributed by atoms with Gasteiger partial charge in [0.25, 0.3) is 0 Å². The van der Waals surface area contributed by atoms with Gasteiger partial charge in [-0.15, -0.1) is 0 Å². The van der Waals surface area contributed by atoms with E-state index in [1.807, 2.05) is 0 Å². The van der Waals surface area contributed by atoms with Crippen LogP contribution < -0.4 is 0 Å². The summed E-state index contributed by atoms with van der Waals surface area (Å²) in [6, 6.07) is 0. The number of imidazole rings is 1. The average molecular weight is 137 g/mol. The van der Waals surface area contributed by atoms with E-state index in [4.69, 9.17) is 0 Å². The summed E-state index contributed by atoms with van der Waals surface area (Å²) in [5.41, 5.74) is 0.441. The van der Waals surface area contributed by atoms with Crippen molar-refractivity contribution in [2.24, 2.45) is 0 Å². The normalized spacial score (nSPS) is 10.4. The van der Waals surface area contributed by atoms with E-state index >= 15 is 0 Å². The molecule has 0 aliphatic heterocycles. The van der Waals surface area contributed by atoms with E-state index in [-0.39, 0.29) is 0 Å². The topological polar surface area (TPSA) is 60.4 Å². The third kappa shape index (κ3) is 0.485. The highest BCUT2D eigenvalue weighted by Gasteiger charge is 2.03. The van der Waals surface area contributed by atoms with Crippen molar-refractivity contribution in [1.29, 1.82) is 0 Å². The second kappa shape index (κ2) is 1.66. The summed E-state index contributed by atoms with van der Waals surface area (Å²) in [6.07, 6.45) is 3.51. The van der Waals surface area contributed by atoms with Crippen LogP contribution in [0.25, 0.3) is 5.84 Å². The maximum Gasteiger partial charge on any atom is 0.332 e. The van der Waals surface area contributed by atoms with Crippen LogP contribution >= 0.6 is 0 Å². The first-order valence-corrected chi connectivity index (χ1v) is 2.65. The van der Waals surface area contributed by atoms with Crippen LogP contribution in [-0.2, 0) is 0 Å². The molecule has 5 heteroatoms. The van der Waals surface area contributed by atoms with Crippen molar-refractivity contribution in [3.63, 3.8) is 0 Å². The molecule has 0 radical (unpaired) electrons. The summed E-state index contributed by atoms with van der Waals surface area (Å²) in [6.45, 7) is 0. The number of fused-ring (bicyclic) bond motifs is 1. The van der Waals surface area contributed by atoms with Crippen molar-refractivity contribution in [2.75, 3.05) is 0 Å². The smallest absolute Gasteiger partial charge is 0.315 e. The molecule has 0 spiro atoms. The minimum absolute atomic E-state index is 0.335. The number of nitrogens with zero attached hydrogens (tertiary/aromatic N) is 3. The summed E-state index contributed by atoms with van der Waals surface area (Å²) in [4.78, 5) is 14.0. The van der Waals surface area contributed by atoms with Crippen LogP contribution in [-0.4, -0.2) is 20.8 Å². The van der Waals surface area contributed by atoms with Gasteiger partial charge < -0.3 is 4.52 Å². The van der Waals surface area contributed by atoms with E-state index < -0.39 is 0 Å². The number of aromatic nitrogens is 3. The monoisotopic (exact) mass is 137 g/mol. The van der Waals surface area contributed by atoms with Crippen molar-refractivity contribution in [2.45, 2.75) is 0 Å². The lowest BCUT2D eigenvalue weighted by atomic mass is 10.5. The lowest BCUT2D eigenvalue weighted by molar-refractivity contribution is 0.111. The van der Waals surface area contributed by atoms with E-state index in [9.17, 15) is 4.79 Å². The van der Waals surface area contributed by atoms with Crippen LogP contribution in [0.2, 0.25) is 0 Å². The number of carbonyl (C=O) groups is 1. The van der Waals surface area contributed by atoms with Crippen molar-refractivity contribution < 1.29 is 9.32 Å². The highest BCUT2D eigenvalue weighted by atomic mass is 16.5. The van der Waals surface area contributed by atoms with Crippen LogP contribution in [0.3, 0.4) is 0 Å². The molecule has 2 rings (SSSR count). The average Bonchev–Trinajstić information content (AvgIpc) is 2.44. The molecule has 0 aromatic carbocycles. The molecule has 2 aromatic rings. The van der Waals surface area contributed by atoms with Gasteiger partial charge in [-0.25, -0.2) is 9.38 Å². The molecular weight excluding hydrogens is 134 g/mol. The number of aldehydes is 1. The van der Waals surface area contributed by atoms with Crippen LogP contribution in [0, 0.1) is 0 Å². The molecule has 0 fully saturated rings. The number of carbonyl (C=O) groups excluding carboxylic acids is 1. The quantitative estimate of drug-likeness (QED) is 0.524. The minimum Gasteiger partial charge on any atom is -0.315 e. The largest absolute Gasteiger partial charge is 0.332 e. The summed E-state index contributed by atoms with van der Waals surface area (Å²) in [5, 5.41) is 3.44. The van der Waals surface area contributed by atoms with Crippen LogP contribution in [0.1, 0.15) is 10.5 Å². The molecule has 0 aliphatic carbocycles. The Labute approximate surface area is 55.3 Å². The first-order chi connectivity index (χ1) is 4.92. The molecule has 0 N–H and O–H groups in total. The highest BCUT2D eigenvalue weighted by Crippen LogP contribution is 2.01. The Kier molecular flexibility index (Phi) is 0.858. The fraction of sp³-hybridized carbons (Fsp3) is 0. The van der Waals surface area contributed by atoms with Crippen molar-refractivity contribution in [3.05, 3.63) is 18.2 Å². The Morgan fingerprint density at radius 1 is 1.70 bits per heavy atom. The molecule has 2 aromatic heterocycles. The molecule has 0 amide bonds. The van der Waals surface area contributed by atoms with E-state index in [1.165, 1.54) is 16.9 Å². The summed E-state index contributed by atoms with van der Waals surface area (Å²) >= 11 is 0. The van der Waals surface area contributed by atoms with E-state index in [1.54, 1.807) is 0 Å². The minimum atomic E-state index is 0.335. The molecule has 5 nitrogen and oxygen atoms in total. The maximum atomic E-state index is 10.2. The van der Waals surface area contributed by atoms with Gasteiger partial charge in [-0.3, -0.25) is 4.79 Å². The lowest BCUT2D eigenvalue weighted by Crippen LogP contribution is -1.84. The summed E-state index contributed by atoms with van der Waals surface area (Å²) in [7, 11) is 0. The predicted molar refractivity (Wildman–Crippen MR) is 30.6 cm³/mol. The fourth-order valence-electron chi connectivity index (χ4n) is 0.745. The first kappa shape index (κ1) is 5.16. The SMILES string of the molecule is O=Cc1cnc2oncn12. The van der Waals surface area contributed by atoms with E-state index in [2.05, 4.69) is 14.7 Å². The zero-order valence-electron chi connectivity index (χ0n) is 4.89. The van der Waals surface area contributed by atoms with Gasteiger partial charge in [0, 0.05) is 0 Å². The lowest BCUT2D eigenvalue weighted by Gasteiger charge is -1.77. The van der Waals surface area contributed by atoms with Crippen LogP contribution in [0.5, 0.6) is 0 Å². The Hall–Kier alpha value is -1.65. The Morgan fingerprint density at radius 2 is 2.60 bits per heavy atom. The van der Waals surface area contributed by atoms with Gasteiger partial charge in [0.15, 0.2) is 6.29 Å². The van der Waals surface area contributed by atoms with Crippen molar-refractivity contribution in [1.82, 2.24) is 14.5 Å². The molecule has 2 heterocycles. The maximum absolute atomic E-state index is 10.2. The zero-order chi connectivity index (χ0) is 6.97. The predicted octanol–water partition coefficient (Wildman–Crippen LogP) is 0.135. The third-order valence-electron chi connectivity index (χ3n) is 1.21. The van der Waals surface area contributed by atoms with E-state index in [0.717, 1.165) is 0 Å². The molecule has 0 unspecified atom stereocenters. The second-order valence-electron chi connectivity index (χ2n) is 1.77. The Balaban J connectivity index is 2.88. The summed E-state index contributed by atoms with van der Waals surface area (Å²) < 4.78 is 6.11. The Bertz CT molecular complexity index is 361. The third-order valence-corrected chi connectivity index (χ3v) is 1.21. The Morgan fingerprint density at radius 3 is 3.40 bits per heavy atom. The number of hydrogen-bond acceptors (Lipinski definition) is 4. The zero-order valence-corrected chi connectivity index (χ0v) is 4.89. The van der Waals surface area contributed by atoms with Crippen LogP contribution in [0.15, 0.2) is 17.0 Å². The number of hydrogen-bond donors (Lipinski definition) is 0. The van der Waals surface area contributed by atoms with Gasteiger partial charge in [-0.05, 0) is 0 Å². The van der Waals surface area contributed by atoms with Gasteiger partial charge in [0.05, 0.1) is 6.20 Å². The van der Waals surface area contributed by atoms with Crippen molar-refractivity contribution >= 4 is 12.1 Å². The molecule has 0 atom stereocenters. The van der Waals surface area contributed by atoms with Gasteiger partial charge in [-0.2, -0.15) is 0 Å². The van der Waals surface area contributed by atoms with Crippen LogP contribution in [0.4, 0.5) is 0 Å². The molecule has 10 heavy (non-hydrogen) atoms. The molecule has 0 saturated heterocycles. The van der Waals surface area contributed by atoms with Gasteiger partial charge in [0.1, 0.15) is 12.0 Å². The standard InChI is InChI=1S/C5H3N3O2/c9-2-4-1-6-5-8(4)3-7-10-5/h1-3H.